The quantitative estimate of drug-likeness (QED) is 0.748. The molecule has 1 fully saturated rings. The summed E-state index contributed by atoms with van der Waals surface area (Å²) in [4.78, 5) is 2.29. The Morgan fingerprint density at radius 2 is 2.21 bits per heavy atom. The number of alkyl halides is 1. The first kappa shape index (κ1) is 11.9. The zero-order valence-corrected chi connectivity index (χ0v) is 9.65. The fraction of sp³-hybridized carbons (Fsp3) is 1.00. The molecule has 14 heavy (non-hydrogen) atoms. The van der Waals surface area contributed by atoms with Crippen molar-refractivity contribution in [2.45, 2.75) is 45.2 Å². The normalized spacial score (nSPS) is 27.9. The maximum Gasteiger partial charge on any atom is 0.102 e. The summed E-state index contributed by atoms with van der Waals surface area (Å²) in [5.41, 5.74) is 0.138. The van der Waals surface area contributed by atoms with Gasteiger partial charge in [-0.15, -0.1) is 0 Å². The highest BCUT2D eigenvalue weighted by atomic mass is 19.1. The van der Waals surface area contributed by atoms with Crippen molar-refractivity contribution in [2.75, 3.05) is 26.3 Å². The van der Waals surface area contributed by atoms with Crippen molar-refractivity contribution in [3.05, 3.63) is 0 Å². The molecule has 1 N–H and O–H groups in total. The first-order chi connectivity index (χ1) is 6.59. The van der Waals surface area contributed by atoms with Gasteiger partial charge in [0.05, 0.1) is 0 Å². The van der Waals surface area contributed by atoms with Gasteiger partial charge in [-0.3, -0.25) is 4.90 Å². The average molecular weight is 202 g/mol. The molecule has 1 saturated heterocycles. The molecule has 1 aliphatic heterocycles. The molecule has 2 nitrogen and oxygen atoms in total. The third kappa shape index (κ3) is 3.21. The molecular weight excluding hydrogens is 179 g/mol. The predicted octanol–water partition coefficient (Wildman–Crippen LogP) is 1.81. The lowest BCUT2D eigenvalue weighted by atomic mass is 9.97. The van der Waals surface area contributed by atoms with Gasteiger partial charge in [0.25, 0.3) is 0 Å². The summed E-state index contributed by atoms with van der Waals surface area (Å²) in [6, 6.07) is 0.531. The summed E-state index contributed by atoms with van der Waals surface area (Å²) in [7, 11) is 0. The van der Waals surface area contributed by atoms with Crippen LogP contribution in [0.1, 0.15) is 33.6 Å². The fourth-order valence-corrected chi connectivity index (χ4v) is 2.20. The van der Waals surface area contributed by atoms with Gasteiger partial charge in [0, 0.05) is 31.2 Å². The Balaban J connectivity index is 2.51. The van der Waals surface area contributed by atoms with E-state index in [0.29, 0.717) is 12.6 Å². The number of rotatable bonds is 4. The van der Waals surface area contributed by atoms with Crippen molar-refractivity contribution in [1.82, 2.24) is 10.2 Å². The summed E-state index contributed by atoms with van der Waals surface area (Å²) in [6.07, 6.45) is 2.35. The van der Waals surface area contributed by atoms with E-state index in [4.69, 9.17) is 0 Å². The van der Waals surface area contributed by atoms with Crippen LogP contribution in [0.3, 0.4) is 0 Å². The minimum absolute atomic E-state index is 0.138. The molecule has 0 amide bonds. The van der Waals surface area contributed by atoms with Crippen molar-refractivity contribution < 1.29 is 4.39 Å². The van der Waals surface area contributed by atoms with Crippen LogP contribution >= 0.6 is 0 Å². The maximum atomic E-state index is 12.4. The van der Waals surface area contributed by atoms with Crippen molar-refractivity contribution in [2.24, 2.45) is 0 Å². The fourth-order valence-electron chi connectivity index (χ4n) is 2.20. The minimum Gasteiger partial charge on any atom is -0.309 e. The molecule has 0 aromatic carbocycles. The molecule has 1 aliphatic rings. The summed E-state index contributed by atoms with van der Waals surface area (Å²) in [5.74, 6) is 0. The molecule has 0 radical (unpaired) electrons. The van der Waals surface area contributed by atoms with Gasteiger partial charge in [0.15, 0.2) is 0 Å². The van der Waals surface area contributed by atoms with Crippen LogP contribution in [0, 0.1) is 0 Å². The second-order valence-corrected chi connectivity index (χ2v) is 4.87. The second kappa shape index (κ2) is 5.08. The van der Waals surface area contributed by atoms with E-state index in [2.05, 4.69) is 31.0 Å². The molecule has 3 heteroatoms. The number of hydrogen-bond acceptors (Lipinski definition) is 2. The first-order valence-electron chi connectivity index (χ1n) is 5.64. The van der Waals surface area contributed by atoms with Gasteiger partial charge in [-0.05, 0) is 20.3 Å². The highest BCUT2D eigenvalue weighted by Gasteiger charge is 2.31. The Morgan fingerprint density at radius 1 is 1.50 bits per heavy atom. The van der Waals surface area contributed by atoms with Gasteiger partial charge >= 0.3 is 0 Å². The van der Waals surface area contributed by atoms with E-state index in [-0.39, 0.29) is 12.2 Å². The van der Waals surface area contributed by atoms with E-state index < -0.39 is 0 Å². The van der Waals surface area contributed by atoms with Gasteiger partial charge in [0.1, 0.15) is 6.67 Å². The second-order valence-electron chi connectivity index (χ2n) is 4.87. The van der Waals surface area contributed by atoms with E-state index in [1.165, 1.54) is 12.8 Å². The molecule has 0 saturated carbocycles. The Bertz CT molecular complexity index is 171. The van der Waals surface area contributed by atoms with E-state index in [1.807, 2.05) is 0 Å². The molecule has 84 valence electrons. The molecule has 0 aliphatic carbocycles. The van der Waals surface area contributed by atoms with E-state index >= 15 is 0 Å². The lowest BCUT2D eigenvalue weighted by Crippen LogP contribution is -2.61. The summed E-state index contributed by atoms with van der Waals surface area (Å²) in [6.45, 7) is 8.88. The third-order valence-electron chi connectivity index (χ3n) is 2.92. The Morgan fingerprint density at radius 3 is 2.79 bits per heavy atom. The van der Waals surface area contributed by atoms with Crippen molar-refractivity contribution in [3.63, 3.8) is 0 Å². The zero-order valence-electron chi connectivity index (χ0n) is 9.65. The highest BCUT2D eigenvalue weighted by Crippen LogP contribution is 2.17. The van der Waals surface area contributed by atoms with E-state index in [1.54, 1.807) is 0 Å². The molecule has 0 aromatic rings. The predicted molar refractivity (Wildman–Crippen MR) is 58.3 cm³/mol. The number of nitrogens with one attached hydrogen (secondary N) is 1. The van der Waals surface area contributed by atoms with Gasteiger partial charge in [0.2, 0.25) is 0 Å². The van der Waals surface area contributed by atoms with Crippen LogP contribution in [0.2, 0.25) is 0 Å². The van der Waals surface area contributed by atoms with Gasteiger partial charge in [-0.2, -0.15) is 0 Å². The smallest absolute Gasteiger partial charge is 0.102 e. The van der Waals surface area contributed by atoms with Crippen LogP contribution in [0.4, 0.5) is 4.39 Å². The SMILES string of the molecule is CCCC1CNC(C)(C)CN1CCF. The summed E-state index contributed by atoms with van der Waals surface area (Å²) in [5, 5.41) is 3.52. The van der Waals surface area contributed by atoms with Crippen LogP contribution in [-0.2, 0) is 0 Å². The molecule has 1 atom stereocenters. The monoisotopic (exact) mass is 202 g/mol. The number of halogens is 1. The standard InChI is InChI=1S/C11H23FN2/c1-4-5-10-8-13-11(2,3)9-14(10)7-6-12/h10,13H,4-9H2,1-3H3. The van der Waals surface area contributed by atoms with Crippen LogP contribution in [0.5, 0.6) is 0 Å². The van der Waals surface area contributed by atoms with E-state index in [0.717, 1.165) is 13.1 Å². The topological polar surface area (TPSA) is 15.3 Å². The Labute approximate surface area is 86.9 Å². The molecule has 1 heterocycles. The molecule has 1 unspecified atom stereocenters. The van der Waals surface area contributed by atoms with Crippen LogP contribution in [-0.4, -0.2) is 42.8 Å². The number of hydrogen-bond donors (Lipinski definition) is 1. The number of piperazine rings is 1. The van der Waals surface area contributed by atoms with Crippen LogP contribution < -0.4 is 5.32 Å². The van der Waals surface area contributed by atoms with Crippen molar-refractivity contribution in [1.29, 1.82) is 0 Å². The lowest BCUT2D eigenvalue weighted by Gasteiger charge is -2.44. The molecule has 0 bridgehead atoms. The van der Waals surface area contributed by atoms with Gasteiger partial charge < -0.3 is 5.32 Å². The molecule has 1 rings (SSSR count). The van der Waals surface area contributed by atoms with Gasteiger partial charge in [-0.25, -0.2) is 4.39 Å². The zero-order chi connectivity index (χ0) is 10.6. The first-order valence-corrected chi connectivity index (χ1v) is 5.64. The minimum atomic E-state index is -0.226. The Hall–Kier alpha value is -0.150. The van der Waals surface area contributed by atoms with Crippen molar-refractivity contribution >= 4 is 0 Å². The van der Waals surface area contributed by atoms with Gasteiger partial charge in [-0.1, -0.05) is 13.3 Å². The highest BCUT2D eigenvalue weighted by molar-refractivity contribution is 4.91. The maximum absolute atomic E-state index is 12.4. The van der Waals surface area contributed by atoms with Crippen molar-refractivity contribution in [3.8, 4) is 0 Å². The largest absolute Gasteiger partial charge is 0.309 e. The van der Waals surface area contributed by atoms with E-state index in [9.17, 15) is 4.39 Å². The lowest BCUT2D eigenvalue weighted by molar-refractivity contribution is 0.0834. The summed E-state index contributed by atoms with van der Waals surface area (Å²) < 4.78 is 12.4. The third-order valence-corrected chi connectivity index (χ3v) is 2.92. The van der Waals surface area contributed by atoms with Crippen LogP contribution in [0.15, 0.2) is 0 Å². The molecule has 0 aromatic heterocycles. The Kier molecular flexibility index (Phi) is 4.32. The summed E-state index contributed by atoms with van der Waals surface area (Å²) >= 11 is 0. The number of nitrogens with zero attached hydrogens (tertiary/aromatic N) is 1. The molecular formula is C11H23FN2. The average Bonchev–Trinajstić information content (AvgIpc) is 2.10. The van der Waals surface area contributed by atoms with Crippen LogP contribution in [0.25, 0.3) is 0 Å². The molecule has 0 spiro atoms.